The second kappa shape index (κ2) is 5.52. The number of thiol groups is 1. The van der Waals surface area contributed by atoms with Crippen LogP contribution < -0.4 is 9.82 Å². The molecule has 0 fully saturated rings. The van der Waals surface area contributed by atoms with Crippen LogP contribution >= 0.6 is 24.0 Å². The Labute approximate surface area is 104 Å². The normalized spacial score (nSPS) is 14.2. The van der Waals surface area contributed by atoms with E-state index in [1.165, 1.54) is 4.88 Å². The maximum Gasteiger partial charge on any atom is 0.0904 e. The topological polar surface area (TPSA) is 12.0 Å². The van der Waals surface area contributed by atoms with Crippen LogP contribution in [0.2, 0.25) is 19.6 Å². The lowest BCUT2D eigenvalue weighted by Crippen LogP contribution is -2.34. The van der Waals surface area contributed by atoms with E-state index < -0.39 is 8.07 Å². The minimum absolute atomic E-state index is 0.465. The zero-order chi connectivity index (χ0) is 11.5. The van der Waals surface area contributed by atoms with Gasteiger partial charge in [-0.3, -0.25) is 0 Å². The molecule has 0 saturated carbocycles. The van der Waals surface area contributed by atoms with Crippen LogP contribution in [0.5, 0.6) is 0 Å². The number of nitrogens with one attached hydrogen (secondary N) is 1. The quantitative estimate of drug-likeness (QED) is 0.612. The van der Waals surface area contributed by atoms with Crippen molar-refractivity contribution in [1.29, 1.82) is 0 Å². The maximum atomic E-state index is 4.21. The smallest absolute Gasteiger partial charge is 0.0904 e. The van der Waals surface area contributed by atoms with Gasteiger partial charge >= 0.3 is 0 Å². The molecule has 4 heteroatoms. The first kappa shape index (κ1) is 13.3. The fourth-order valence-electron chi connectivity index (χ4n) is 1.37. The predicted molar refractivity (Wildman–Crippen MR) is 77.6 cm³/mol. The van der Waals surface area contributed by atoms with Crippen molar-refractivity contribution >= 4 is 36.5 Å². The molecule has 1 atom stereocenters. The molecule has 1 rings (SSSR count). The van der Waals surface area contributed by atoms with E-state index in [1.54, 1.807) is 4.50 Å². The summed E-state index contributed by atoms with van der Waals surface area (Å²) in [4.78, 5) is 1.45. The SMILES string of the molecule is CC(NCCS)c1ccc([Si](C)(C)C)s1. The van der Waals surface area contributed by atoms with Gasteiger partial charge in [-0.2, -0.15) is 12.6 Å². The van der Waals surface area contributed by atoms with Crippen molar-refractivity contribution in [2.75, 3.05) is 12.3 Å². The van der Waals surface area contributed by atoms with Gasteiger partial charge in [0.1, 0.15) is 0 Å². The fraction of sp³-hybridized carbons (Fsp3) is 0.636. The highest BCUT2D eigenvalue weighted by atomic mass is 32.1. The lowest BCUT2D eigenvalue weighted by atomic mass is 10.3. The van der Waals surface area contributed by atoms with Gasteiger partial charge in [-0.1, -0.05) is 25.7 Å². The van der Waals surface area contributed by atoms with E-state index in [9.17, 15) is 0 Å². The van der Waals surface area contributed by atoms with Gasteiger partial charge in [-0.05, 0) is 17.5 Å². The molecule has 0 spiro atoms. The van der Waals surface area contributed by atoms with Crippen molar-refractivity contribution in [3.8, 4) is 0 Å². The minimum atomic E-state index is -1.11. The fourth-order valence-corrected chi connectivity index (χ4v) is 4.45. The van der Waals surface area contributed by atoms with E-state index in [0.717, 1.165) is 12.3 Å². The van der Waals surface area contributed by atoms with Gasteiger partial charge < -0.3 is 5.32 Å². The predicted octanol–water partition coefficient (Wildman–Crippen LogP) is 2.87. The van der Waals surface area contributed by atoms with Crippen molar-refractivity contribution in [2.24, 2.45) is 0 Å². The van der Waals surface area contributed by atoms with Crippen LogP contribution in [0.1, 0.15) is 17.8 Å². The summed E-state index contributed by atoms with van der Waals surface area (Å²) in [5.41, 5.74) is 0. The zero-order valence-corrected chi connectivity index (χ0v) is 12.7. The van der Waals surface area contributed by atoms with Crippen molar-refractivity contribution in [3.63, 3.8) is 0 Å². The summed E-state index contributed by atoms with van der Waals surface area (Å²) in [7, 11) is -1.11. The summed E-state index contributed by atoms with van der Waals surface area (Å²) in [5.74, 6) is 0.899. The molecule has 0 radical (unpaired) electrons. The molecule has 0 aliphatic carbocycles. The van der Waals surface area contributed by atoms with Gasteiger partial charge in [0.2, 0.25) is 0 Å². The van der Waals surface area contributed by atoms with Crippen LogP contribution in [-0.4, -0.2) is 20.4 Å². The first-order chi connectivity index (χ1) is 6.95. The summed E-state index contributed by atoms with van der Waals surface area (Å²) in [6, 6.07) is 5.05. The van der Waals surface area contributed by atoms with Crippen molar-refractivity contribution in [3.05, 3.63) is 17.0 Å². The molecule has 1 unspecified atom stereocenters. The van der Waals surface area contributed by atoms with Crippen LogP contribution in [0.15, 0.2) is 12.1 Å². The average molecular weight is 260 g/mol. The Balaban J connectivity index is 2.67. The Bertz CT molecular complexity index is 304. The summed E-state index contributed by atoms with van der Waals surface area (Å²) < 4.78 is 1.59. The van der Waals surface area contributed by atoms with Gasteiger partial charge in [0, 0.05) is 23.2 Å². The highest BCUT2D eigenvalue weighted by Crippen LogP contribution is 2.19. The molecule has 0 saturated heterocycles. The Morgan fingerprint density at radius 3 is 2.53 bits per heavy atom. The Morgan fingerprint density at radius 2 is 2.07 bits per heavy atom. The Kier molecular flexibility index (Phi) is 4.90. The maximum absolute atomic E-state index is 4.21. The van der Waals surface area contributed by atoms with Gasteiger partial charge in [0.25, 0.3) is 0 Å². The second-order valence-electron chi connectivity index (χ2n) is 4.85. The molecule has 0 aliphatic heterocycles. The molecule has 1 aromatic heterocycles. The first-order valence-electron chi connectivity index (χ1n) is 5.39. The van der Waals surface area contributed by atoms with Crippen LogP contribution in [0.3, 0.4) is 0 Å². The summed E-state index contributed by atoms with van der Waals surface area (Å²) in [6.07, 6.45) is 0. The molecule has 86 valence electrons. The molecule has 0 bridgehead atoms. The number of hydrogen-bond acceptors (Lipinski definition) is 3. The van der Waals surface area contributed by atoms with Gasteiger partial charge in [0.05, 0.1) is 8.07 Å². The molecule has 15 heavy (non-hydrogen) atoms. The van der Waals surface area contributed by atoms with Gasteiger partial charge in [-0.15, -0.1) is 11.3 Å². The zero-order valence-electron chi connectivity index (χ0n) is 10.0. The standard InChI is InChI=1S/C11H21NS2Si/c1-9(12-7-8-13)10-5-6-11(14-10)15(2,3)4/h5-6,9,12-13H,7-8H2,1-4H3. The molecule has 1 aromatic rings. The van der Waals surface area contributed by atoms with E-state index in [-0.39, 0.29) is 0 Å². The number of thiophene rings is 1. The molecule has 0 aromatic carbocycles. The molecule has 1 nitrogen and oxygen atoms in total. The van der Waals surface area contributed by atoms with Crippen molar-refractivity contribution < 1.29 is 0 Å². The monoisotopic (exact) mass is 259 g/mol. The Morgan fingerprint density at radius 1 is 1.40 bits per heavy atom. The van der Waals surface area contributed by atoms with Crippen molar-refractivity contribution in [1.82, 2.24) is 5.32 Å². The van der Waals surface area contributed by atoms with Crippen LogP contribution in [-0.2, 0) is 0 Å². The van der Waals surface area contributed by atoms with Gasteiger partial charge in [0.15, 0.2) is 0 Å². The number of hydrogen-bond donors (Lipinski definition) is 2. The van der Waals surface area contributed by atoms with E-state index in [4.69, 9.17) is 0 Å². The molecular weight excluding hydrogens is 238 g/mol. The van der Waals surface area contributed by atoms with E-state index in [2.05, 4.69) is 56.6 Å². The molecule has 0 amide bonds. The van der Waals surface area contributed by atoms with E-state index in [1.807, 2.05) is 11.3 Å². The van der Waals surface area contributed by atoms with Crippen molar-refractivity contribution in [2.45, 2.75) is 32.6 Å². The molecule has 0 aliphatic rings. The molecule has 1 N–H and O–H groups in total. The third-order valence-electron chi connectivity index (χ3n) is 2.36. The second-order valence-corrected chi connectivity index (χ2v) is 11.8. The number of rotatable bonds is 5. The van der Waals surface area contributed by atoms with Crippen LogP contribution in [0.4, 0.5) is 0 Å². The van der Waals surface area contributed by atoms with E-state index >= 15 is 0 Å². The van der Waals surface area contributed by atoms with Crippen LogP contribution in [0, 0.1) is 0 Å². The summed E-state index contributed by atoms with van der Waals surface area (Å²) in [6.45, 7) is 10.4. The third-order valence-corrected chi connectivity index (χ3v) is 7.45. The lowest BCUT2D eigenvalue weighted by Gasteiger charge is -2.14. The van der Waals surface area contributed by atoms with Crippen LogP contribution in [0.25, 0.3) is 0 Å². The minimum Gasteiger partial charge on any atom is -0.309 e. The highest BCUT2D eigenvalue weighted by Gasteiger charge is 2.19. The van der Waals surface area contributed by atoms with E-state index in [0.29, 0.717) is 6.04 Å². The Hall–Kier alpha value is 0.227. The molecule has 1 heterocycles. The highest BCUT2D eigenvalue weighted by molar-refractivity contribution is 7.80. The summed E-state index contributed by atoms with van der Waals surface area (Å²) >= 11 is 6.18. The summed E-state index contributed by atoms with van der Waals surface area (Å²) in [5, 5.41) is 3.46. The lowest BCUT2D eigenvalue weighted by molar-refractivity contribution is 0.611. The first-order valence-corrected chi connectivity index (χ1v) is 10.3. The average Bonchev–Trinajstić information content (AvgIpc) is 2.62. The van der Waals surface area contributed by atoms with Gasteiger partial charge in [-0.25, -0.2) is 0 Å². The molecular formula is C11H21NS2Si. The third kappa shape index (κ3) is 3.94. The largest absolute Gasteiger partial charge is 0.309 e.